The second-order valence-corrected chi connectivity index (χ2v) is 5.69. The monoisotopic (exact) mass is 355 g/mol. The summed E-state index contributed by atoms with van der Waals surface area (Å²) in [4.78, 5) is 26.0. The first kappa shape index (κ1) is 17.1. The first-order chi connectivity index (χ1) is 11.9. The predicted molar refractivity (Wildman–Crippen MR) is 81.0 cm³/mol. The van der Waals surface area contributed by atoms with E-state index in [4.69, 9.17) is 0 Å². The van der Waals surface area contributed by atoms with Gasteiger partial charge in [-0.1, -0.05) is 0 Å². The van der Waals surface area contributed by atoms with Gasteiger partial charge in [-0.15, -0.1) is 0 Å². The Morgan fingerprint density at radius 1 is 1.28 bits per heavy atom. The fraction of sp³-hybridized carbons (Fsp3) is 0.500. The molecule has 8 nitrogen and oxygen atoms in total. The number of amides is 1. The van der Waals surface area contributed by atoms with Gasteiger partial charge in [-0.3, -0.25) is 4.79 Å². The van der Waals surface area contributed by atoms with Crippen molar-refractivity contribution in [1.82, 2.24) is 30.0 Å². The third-order valence-corrected chi connectivity index (χ3v) is 3.87. The van der Waals surface area contributed by atoms with Crippen LogP contribution in [0.1, 0.15) is 12.8 Å². The Kier molecular flexibility index (Phi) is 4.81. The van der Waals surface area contributed by atoms with E-state index in [1.807, 2.05) is 10.2 Å². The lowest BCUT2D eigenvalue weighted by Crippen LogP contribution is -2.45. The van der Waals surface area contributed by atoms with E-state index in [0.717, 1.165) is 0 Å². The highest BCUT2D eigenvalue weighted by atomic mass is 19.4. The lowest BCUT2D eigenvalue weighted by Gasteiger charge is -2.32. The minimum Gasteiger partial charge on any atom is -0.356 e. The normalized spacial score (nSPS) is 18.2. The molecule has 0 aromatic carbocycles. The van der Waals surface area contributed by atoms with Crippen LogP contribution in [0.15, 0.2) is 25.0 Å². The summed E-state index contributed by atoms with van der Waals surface area (Å²) in [7, 11) is 0. The lowest BCUT2D eigenvalue weighted by atomic mass is 9.97. The summed E-state index contributed by atoms with van der Waals surface area (Å²) in [6, 6.07) is 1.70. The van der Waals surface area contributed by atoms with E-state index < -0.39 is 24.5 Å². The molecule has 3 heterocycles. The van der Waals surface area contributed by atoms with E-state index in [9.17, 15) is 18.0 Å². The van der Waals surface area contributed by atoms with Crippen molar-refractivity contribution in [3.8, 4) is 5.82 Å². The van der Waals surface area contributed by atoms with Crippen molar-refractivity contribution in [3.63, 3.8) is 0 Å². The minimum absolute atomic E-state index is 0.303. The van der Waals surface area contributed by atoms with E-state index in [1.54, 1.807) is 6.07 Å². The fourth-order valence-electron chi connectivity index (χ4n) is 2.69. The number of rotatable bonds is 4. The number of carbonyl (C=O) groups is 1. The Morgan fingerprint density at radius 2 is 2.08 bits per heavy atom. The van der Waals surface area contributed by atoms with Crippen LogP contribution >= 0.6 is 0 Å². The number of anilines is 1. The summed E-state index contributed by atoms with van der Waals surface area (Å²) in [5, 5.41) is 5.94. The molecular formula is C14H16F3N7O. The van der Waals surface area contributed by atoms with Gasteiger partial charge in [-0.25, -0.2) is 19.6 Å². The number of piperidine rings is 1. The molecule has 0 spiro atoms. The average Bonchev–Trinajstić information content (AvgIpc) is 3.14. The molecule has 2 aromatic heterocycles. The Balaban J connectivity index is 1.67. The summed E-state index contributed by atoms with van der Waals surface area (Å²) < 4.78 is 38.2. The average molecular weight is 355 g/mol. The summed E-state index contributed by atoms with van der Waals surface area (Å²) in [6.07, 6.45) is 1.07. The first-order valence-electron chi connectivity index (χ1n) is 7.69. The van der Waals surface area contributed by atoms with Crippen LogP contribution < -0.4 is 10.2 Å². The SMILES string of the molecule is O=C(NCC(F)(F)F)C1CCCN(c2cc(-n3cncn3)ncn2)C1. The van der Waals surface area contributed by atoms with Crippen LogP contribution in [0.4, 0.5) is 19.0 Å². The number of aromatic nitrogens is 5. The largest absolute Gasteiger partial charge is 0.405 e. The Hall–Kier alpha value is -2.72. The van der Waals surface area contributed by atoms with Crippen molar-refractivity contribution in [1.29, 1.82) is 0 Å². The predicted octanol–water partition coefficient (Wildman–Crippen LogP) is 0.952. The second-order valence-electron chi connectivity index (χ2n) is 5.69. The van der Waals surface area contributed by atoms with Crippen LogP contribution in [0.2, 0.25) is 0 Å². The molecule has 1 aliphatic rings. The van der Waals surface area contributed by atoms with Gasteiger partial charge in [0, 0.05) is 19.2 Å². The van der Waals surface area contributed by atoms with Gasteiger partial charge in [0.25, 0.3) is 0 Å². The molecule has 1 fully saturated rings. The molecule has 134 valence electrons. The molecule has 0 saturated carbocycles. The van der Waals surface area contributed by atoms with E-state index >= 15 is 0 Å². The van der Waals surface area contributed by atoms with Crippen molar-refractivity contribution >= 4 is 11.7 Å². The van der Waals surface area contributed by atoms with E-state index in [2.05, 4.69) is 20.1 Å². The summed E-state index contributed by atoms with van der Waals surface area (Å²) >= 11 is 0. The summed E-state index contributed by atoms with van der Waals surface area (Å²) in [5.41, 5.74) is 0. The van der Waals surface area contributed by atoms with Crippen LogP contribution in [-0.4, -0.2) is 56.5 Å². The van der Waals surface area contributed by atoms with Gasteiger partial charge < -0.3 is 10.2 Å². The van der Waals surface area contributed by atoms with Crippen molar-refractivity contribution in [3.05, 3.63) is 25.0 Å². The number of alkyl halides is 3. The molecule has 0 radical (unpaired) electrons. The van der Waals surface area contributed by atoms with E-state index in [1.165, 1.54) is 23.7 Å². The standard InChI is InChI=1S/C14H16F3N7O/c15-14(16,17)6-19-13(25)10-2-1-3-23(5-10)11-4-12(21-8-20-11)24-9-18-7-22-24/h4,7-10H,1-3,5-6H2,(H,19,25). The van der Waals surface area contributed by atoms with Crippen molar-refractivity contribution in [2.24, 2.45) is 5.92 Å². The smallest absolute Gasteiger partial charge is 0.356 e. The van der Waals surface area contributed by atoms with Gasteiger partial charge in [0.05, 0.1) is 5.92 Å². The molecule has 0 bridgehead atoms. The minimum atomic E-state index is -4.41. The van der Waals surface area contributed by atoms with Gasteiger partial charge in [0.1, 0.15) is 31.3 Å². The van der Waals surface area contributed by atoms with Gasteiger partial charge >= 0.3 is 6.18 Å². The van der Waals surface area contributed by atoms with Gasteiger partial charge in [-0.2, -0.15) is 18.3 Å². The first-order valence-corrected chi connectivity index (χ1v) is 7.69. The zero-order chi connectivity index (χ0) is 17.9. The number of nitrogens with zero attached hydrogens (tertiary/aromatic N) is 6. The highest BCUT2D eigenvalue weighted by Gasteiger charge is 2.31. The summed E-state index contributed by atoms with van der Waals surface area (Å²) in [5.74, 6) is 0.00781. The Labute approximate surface area is 141 Å². The zero-order valence-corrected chi connectivity index (χ0v) is 13.1. The molecule has 1 N–H and O–H groups in total. The lowest BCUT2D eigenvalue weighted by molar-refractivity contribution is -0.140. The quantitative estimate of drug-likeness (QED) is 0.879. The topological polar surface area (TPSA) is 88.8 Å². The molecule has 0 aliphatic carbocycles. The number of halogens is 3. The van der Waals surface area contributed by atoms with Gasteiger partial charge in [0.2, 0.25) is 5.91 Å². The molecule has 11 heteroatoms. The molecular weight excluding hydrogens is 339 g/mol. The number of carbonyl (C=O) groups excluding carboxylic acids is 1. The molecule has 1 unspecified atom stereocenters. The maximum absolute atomic E-state index is 12.2. The van der Waals surface area contributed by atoms with Crippen molar-refractivity contribution in [2.45, 2.75) is 19.0 Å². The Bertz CT molecular complexity index is 719. The second kappa shape index (κ2) is 7.03. The number of hydrogen-bond acceptors (Lipinski definition) is 6. The highest BCUT2D eigenvalue weighted by molar-refractivity contribution is 5.79. The van der Waals surface area contributed by atoms with Crippen LogP contribution in [0.3, 0.4) is 0 Å². The van der Waals surface area contributed by atoms with Gasteiger partial charge in [-0.05, 0) is 12.8 Å². The summed E-state index contributed by atoms with van der Waals surface area (Å²) in [6.45, 7) is -0.347. The van der Waals surface area contributed by atoms with E-state index in [0.29, 0.717) is 37.6 Å². The highest BCUT2D eigenvalue weighted by Crippen LogP contribution is 2.23. The number of nitrogens with one attached hydrogen (secondary N) is 1. The molecule has 1 aliphatic heterocycles. The molecule has 1 saturated heterocycles. The molecule has 3 rings (SSSR count). The third-order valence-electron chi connectivity index (χ3n) is 3.87. The van der Waals surface area contributed by atoms with Crippen molar-refractivity contribution < 1.29 is 18.0 Å². The number of hydrogen-bond donors (Lipinski definition) is 1. The van der Waals surface area contributed by atoms with E-state index in [-0.39, 0.29) is 0 Å². The van der Waals surface area contributed by atoms with Crippen LogP contribution in [0.25, 0.3) is 5.82 Å². The van der Waals surface area contributed by atoms with Crippen LogP contribution in [-0.2, 0) is 4.79 Å². The fourth-order valence-corrected chi connectivity index (χ4v) is 2.69. The zero-order valence-electron chi connectivity index (χ0n) is 13.1. The molecule has 1 amide bonds. The van der Waals surface area contributed by atoms with Crippen molar-refractivity contribution in [2.75, 3.05) is 24.5 Å². The molecule has 2 aromatic rings. The third kappa shape index (κ3) is 4.43. The molecule has 1 atom stereocenters. The maximum atomic E-state index is 12.2. The maximum Gasteiger partial charge on any atom is 0.405 e. The van der Waals surface area contributed by atoms with Gasteiger partial charge in [0.15, 0.2) is 5.82 Å². The van der Waals surface area contributed by atoms with Crippen LogP contribution in [0.5, 0.6) is 0 Å². The molecule has 25 heavy (non-hydrogen) atoms. The Morgan fingerprint density at radius 3 is 2.80 bits per heavy atom. The van der Waals surface area contributed by atoms with Crippen LogP contribution in [0, 0.1) is 5.92 Å².